The third-order valence-electron chi connectivity index (χ3n) is 6.87. The zero-order valence-corrected chi connectivity index (χ0v) is 19.2. The molecule has 3 aliphatic heterocycles. The Morgan fingerprint density at radius 1 is 1.15 bits per heavy atom. The third-order valence-corrected chi connectivity index (χ3v) is 7.89. The Morgan fingerprint density at radius 3 is 2.64 bits per heavy atom. The molecule has 9 heteroatoms. The summed E-state index contributed by atoms with van der Waals surface area (Å²) in [5.41, 5.74) is 1.36. The van der Waals surface area contributed by atoms with Crippen LogP contribution in [-0.4, -0.2) is 59.6 Å². The zero-order chi connectivity index (χ0) is 22.8. The van der Waals surface area contributed by atoms with E-state index in [0.29, 0.717) is 24.4 Å². The van der Waals surface area contributed by atoms with Gasteiger partial charge in [0.05, 0.1) is 12.1 Å². The van der Waals surface area contributed by atoms with Gasteiger partial charge in [0.25, 0.3) is 0 Å². The van der Waals surface area contributed by atoms with Crippen LogP contribution < -0.4 is 4.90 Å². The topological polar surface area (TPSA) is 72.7 Å². The number of amides is 1. The van der Waals surface area contributed by atoms with Crippen molar-refractivity contribution < 1.29 is 13.9 Å². The predicted octanol–water partition coefficient (Wildman–Crippen LogP) is 4.04. The Balaban J connectivity index is 1.12. The van der Waals surface area contributed by atoms with Crippen molar-refractivity contribution in [3.8, 4) is 6.07 Å². The minimum Gasteiger partial charge on any atom is -0.447 e. The molecule has 0 atom stereocenters. The molecule has 0 saturated carbocycles. The fourth-order valence-corrected chi connectivity index (χ4v) is 5.96. The van der Waals surface area contributed by atoms with Crippen LogP contribution in [0.2, 0.25) is 0 Å². The standard InChI is InChI=1S/C24H26FN5O2S/c25-21-13-18(1-2-19(21)14-26)16-28-8-5-24(6-9-28)7-10-29(17-24)33-20-3-4-22(27-15-20)30-11-12-32-23(30)31/h1-4,13,15H,5-12,16-17H2. The number of aromatic nitrogens is 1. The Kier molecular flexibility index (Phi) is 6.23. The van der Waals surface area contributed by atoms with E-state index < -0.39 is 5.82 Å². The molecule has 0 bridgehead atoms. The lowest BCUT2D eigenvalue weighted by molar-refractivity contribution is 0.110. The van der Waals surface area contributed by atoms with Gasteiger partial charge in [-0.2, -0.15) is 5.26 Å². The highest BCUT2D eigenvalue weighted by atomic mass is 32.2. The van der Waals surface area contributed by atoms with E-state index in [9.17, 15) is 9.18 Å². The summed E-state index contributed by atoms with van der Waals surface area (Å²) in [4.78, 5) is 21.2. The highest BCUT2D eigenvalue weighted by molar-refractivity contribution is 7.97. The summed E-state index contributed by atoms with van der Waals surface area (Å²) in [7, 11) is 0. The van der Waals surface area contributed by atoms with Crippen LogP contribution in [0.1, 0.15) is 30.4 Å². The Hall–Kier alpha value is -2.67. The number of hydrogen-bond acceptors (Lipinski definition) is 7. The van der Waals surface area contributed by atoms with Gasteiger partial charge in [-0.3, -0.25) is 9.80 Å². The minimum absolute atomic E-state index is 0.100. The number of likely N-dealkylation sites (tertiary alicyclic amines) is 1. The number of cyclic esters (lactones) is 1. The largest absolute Gasteiger partial charge is 0.447 e. The molecule has 1 spiro atoms. The van der Waals surface area contributed by atoms with E-state index in [1.807, 2.05) is 30.5 Å². The molecule has 7 nitrogen and oxygen atoms in total. The SMILES string of the molecule is N#Cc1ccc(CN2CCC3(CC2)CCN(Sc2ccc(N4CCOC4=O)nc2)C3)cc1F. The normalized spacial score (nSPS) is 20.8. The van der Waals surface area contributed by atoms with E-state index in [4.69, 9.17) is 10.00 Å². The molecule has 0 unspecified atom stereocenters. The van der Waals surface area contributed by atoms with Gasteiger partial charge in [0, 0.05) is 30.7 Å². The lowest BCUT2D eigenvalue weighted by Crippen LogP contribution is -2.40. The average molecular weight is 468 g/mol. The molecule has 1 aromatic heterocycles. The summed E-state index contributed by atoms with van der Waals surface area (Å²) >= 11 is 1.73. The van der Waals surface area contributed by atoms with E-state index in [0.717, 1.165) is 56.0 Å². The number of carbonyl (C=O) groups is 1. The molecule has 1 aromatic carbocycles. The maximum absolute atomic E-state index is 13.9. The number of hydrogen-bond donors (Lipinski definition) is 0. The molecule has 5 rings (SSSR count). The van der Waals surface area contributed by atoms with Crippen molar-refractivity contribution in [2.75, 3.05) is 44.2 Å². The van der Waals surface area contributed by atoms with E-state index in [1.165, 1.54) is 12.5 Å². The van der Waals surface area contributed by atoms with Gasteiger partial charge in [-0.25, -0.2) is 18.5 Å². The van der Waals surface area contributed by atoms with Crippen molar-refractivity contribution in [1.82, 2.24) is 14.2 Å². The summed E-state index contributed by atoms with van der Waals surface area (Å²) in [6.07, 6.45) is 4.95. The monoisotopic (exact) mass is 467 g/mol. The number of benzene rings is 1. The van der Waals surface area contributed by atoms with Gasteiger partial charge in [0.15, 0.2) is 0 Å². The Bertz CT molecular complexity index is 1070. The van der Waals surface area contributed by atoms with Crippen molar-refractivity contribution in [2.24, 2.45) is 5.41 Å². The number of ether oxygens (including phenoxy) is 1. The van der Waals surface area contributed by atoms with Gasteiger partial charge in [-0.1, -0.05) is 6.07 Å². The van der Waals surface area contributed by atoms with Crippen LogP contribution >= 0.6 is 11.9 Å². The lowest BCUT2D eigenvalue weighted by Gasteiger charge is -2.39. The first kappa shape index (κ1) is 22.1. The molecule has 0 radical (unpaired) electrons. The van der Waals surface area contributed by atoms with Crippen LogP contribution in [0.15, 0.2) is 41.4 Å². The average Bonchev–Trinajstić information content (AvgIpc) is 3.42. The number of anilines is 1. The van der Waals surface area contributed by atoms with Crippen LogP contribution in [0.25, 0.3) is 0 Å². The maximum Gasteiger partial charge on any atom is 0.415 e. The maximum atomic E-state index is 13.9. The number of carbonyl (C=O) groups excluding carboxylic acids is 1. The van der Waals surface area contributed by atoms with Crippen LogP contribution in [-0.2, 0) is 11.3 Å². The van der Waals surface area contributed by atoms with Crippen LogP contribution in [0, 0.1) is 22.6 Å². The highest BCUT2D eigenvalue weighted by Gasteiger charge is 2.40. The summed E-state index contributed by atoms with van der Waals surface area (Å²) in [5.74, 6) is 0.198. The van der Waals surface area contributed by atoms with Crippen LogP contribution in [0.3, 0.4) is 0 Å². The molecule has 0 N–H and O–H groups in total. The predicted molar refractivity (Wildman–Crippen MR) is 123 cm³/mol. The van der Waals surface area contributed by atoms with E-state index in [-0.39, 0.29) is 11.7 Å². The molecule has 3 saturated heterocycles. The van der Waals surface area contributed by atoms with Crippen LogP contribution in [0.4, 0.5) is 15.0 Å². The fourth-order valence-electron chi connectivity index (χ4n) is 4.91. The van der Waals surface area contributed by atoms with E-state index in [1.54, 1.807) is 22.9 Å². The van der Waals surface area contributed by atoms with Crippen molar-refractivity contribution in [3.05, 3.63) is 53.5 Å². The second-order valence-corrected chi connectivity index (χ2v) is 10.2. The summed E-state index contributed by atoms with van der Waals surface area (Å²) in [6.45, 7) is 5.78. The summed E-state index contributed by atoms with van der Waals surface area (Å²) < 4.78 is 21.3. The highest BCUT2D eigenvalue weighted by Crippen LogP contribution is 2.44. The van der Waals surface area contributed by atoms with Crippen molar-refractivity contribution in [3.63, 3.8) is 0 Å². The van der Waals surface area contributed by atoms with Gasteiger partial charge in [-0.05, 0) is 79.5 Å². The molecular formula is C24H26FN5O2S. The number of nitriles is 1. The summed E-state index contributed by atoms with van der Waals surface area (Å²) in [5, 5.41) is 8.90. The molecule has 3 aliphatic rings. The molecule has 3 fully saturated rings. The Morgan fingerprint density at radius 2 is 1.97 bits per heavy atom. The first-order valence-corrected chi connectivity index (χ1v) is 12.1. The molecule has 0 aliphatic carbocycles. The van der Waals surface area contributed by atoms with Crippen molar-refractivity contribution in [2.45, 2.75) is 30.7 Å². The van der Waals surface area contributed by atoms with Crippen LogP contribution in [0.5, 0.6) is 0 Å². The number of piperidine rings is 1. The first-order chi connectivity index (χ1) is 16.0. The molecule has 4 heterocycles. The van der Waals surface area contributed by atoms with Crippen molar-refractivity contribution in [1.29, 1.82) is 5.26 Å². The molecule has 33 heavy (non-hydrogen) atoms. The fraction of sp³-hybridized carbons (Fsp3) is 0.458. The second-order valence-electron chi connectivity index (χ2n) is 9.03. The number of nitrogens with zero attached hydrogens (tertiary/aromatic N) is 5. The molecule has 1 amide bonds. The molecule has 172 valence electrons. The van der Waals surface area contributed by atoms with E-state index in [2.05, 4.69) is 14.2 Å². The third kappa shape index (κ3) is 4.83. The zero-order valence-electron chi connectivity index (χ0n) is 18.4. The van der Waals surface area contributed by atoms with Gasteiger partial charge in [0.1, 0.15) is 24.3 Å². The van der Waals surface area contributed by atoms with Gasteiger partial charge < -0.3 is 4.74 Å². The lowest BCUT2D eigenvalue weighted by atomic mass is 9.78. The number of pyridine rings is 1. The quantitative estimate of drug-likeness (QED) is 0.615. The second kappa shape index (κ2) is 9.29. The smallest absolute Gasteiger partial charge is 0.415 e. The number of rotatable bonds is 5. The van der Waals surface area contributed by atoms with E-state index >= 15 is 0 Å². The summed E-state index contributed by atoms with van der Waals surface area (Å²) in [6, 6.07) is 10.7. The van der Waals surface area contributed by atoms with Gasteiger partial charge in [0.2, 0.25) is 0 Å². The molecular weight excluding hydrogens is 441 g/mol. The minimum atomic E-state index is -0.435. The Labute approximate surface area is 197 Å². The molecule has 2 aromatic rings. The van der Waals surface area contributed by atoms with Gasteiger partial charge in [-0.15, -0.1) is 0 Å². The first-order valence-electron chi connectivity index (χ1n) is 11.3. The van der Waals surface area contributed by atoms with Crippen molar-refractivity contribution >= 4 is 23.9 Å². The van der Waals surface area contributed by atoms with Gasteiger partial charge >= 0.3 is 6.09 Å². The number of halogens is 1.